The molecule has 1 N–H and O–H groups in total. The maximum Gasteiger partial charge on any atom is 0.306 e. The minimum absolute atomic E-state index is 0.0998. The molecule has 0 saturated heterocycles. The number of amides is 1. The Bertz CT molecular complexity index is 527. The lowest BCUT2D eigenvalue weighted by Crippen LogP contribution is -2.35. The van der Waals surface area contributed by atoms with Gasteiger partial charge in [0.15, 0.2) is 0 Å². The molecule has 0 heterocycles. The van der Waals surface area contributed by atoms with E-state index < -0.39 is 5.97 Å². The van der Waals surface area contributed by atoms with Crippen LogP contribution in [-0.4, -0.2) is 28.4 Å². The number of aryl methyl sites for hydroxylation is 1. The molecule has 1 aromatic rings. The lowest BCUT2D eigenvalue weighted by molar-refractivity contribution is -0.141. The van der Waals surface area contributed by atoms with Gasteiger partial charge in [-0.1, -0.05) is 29.8 Å². The summed E-state index contributed by atoms with van der Waals surface area (Å²) in [6.45, 7) is 5.26. The zero-order valence-corrected chi connectivity index (χ0v) is 12.7. The summed E-state index contributed by atoms with van der Waals surface area (Å²) in [4.78, 5) is 25.4. The molecule has 0 aromatic heterocycles. The lowest BCUT2D eigenvalue weighted by atomic mass is 10.0. The number of hydrogen-bond donors (Lipinski definition) is 1. The highest BCUT2D eigenvalue weighted by atomic mass is 16.4. The topological polar surface area (TPSA) is 57.6 Å². The minimum Gasteiger partial charge on any atom is -0.481 e. The van der Waals surface area contributed by atoms with E-state index in [-0.39, 0.29) is 17.7 Å². The monoisotopic (exact) mass is 289 g/mol. The Morgan fingerprint density at radius 3 is 2.57 bits per heavy atom. The van der Waals surface area contributed by atoms with E-state index in [1.54, 1.807) is 0 Å². The standard InChI is InChI=1S/C17H23NO3/c1-3-18(11-13-6-4-5-12(2)9-13)16(19)14-7-8-15(10-14)17(20)21/h4-6,9,14-15H,3,7-8,10-11H2,1-2H3,(H,20,21). The molecule has 1 fully saturated rings. The second-order valence-electron chi connectivity index (χ2n) is 5.89. The van der Waals surface area contributed by atoms with Crippen LogP contribution in [0.5, 0.6) is 0 Å². The molecule has 1 aromatic carbocycles. The Kier molecular flexibility index (Phi) is 4.99. The van der Waals surface area contributed by atoms with Gasteiger partial charge in [-0.3, -0.25) is 9.59 Å². The third-order valence-electron chi connectivity index (χ3n) is 4.28. The second-order valence-corrected chi connectivity index (χ2v) is 5.89. The Balaban J connectivity index is 2.01. The van der Waals surface area contributed by atoms with Gasteiger partial charge < -0.3 is 10.0 Å². The Hall–Kier alpha value is -1.84. The molecule has 2 rings (SSSR count). The van der Waals surface area contributed by atoms with Crippen molar-refractivity contribution in [2.24, 2.45) is 11.8 Å². The van der Waals surface area contributed by atoms with Crippen molar-refractivity contribution >= 4 is 11.9 Å². The lowest BCUT2D eigenvalue weighted by Gasteiger charge is -2.24. The summed E-state index contributed by atoms with van der Waals surface area (Å²) in [6, 6.07) is 8.15. The van der Waals surface area contributed by atoms with Crippen molar-refractivity contribution in [1.82, 2.24) is 4.90 Å². The van der Waals surface area contributed by atoms with Gasteiger partial charge in [0.05, 0.1) is 5.92 Å². The van der Waals surface area contributed by atoms with Crippen molar-refractivity contribution in [2.45, 2.75) is 39.7 Å². The van der Waals surface area contributed by atoms with E-state index in [2.05, 4.69) is 6.07 Å². The summed E-state index contributed by atoms with van der Waals surface area (Å²) in [5, 5.41) is 9.05. The predicted octanol–water partition coefficient (Wildman–Crippen LogP) is 2.84. The fourth-order valence-electron chi connectivity index (χ4n) is 3.06. The molecule has 0 aliphatic heterocycles. The van der Waals surface area contributed by atoms with Gasteiger partial charge in [-0.25, -0.2) is 0 Å². The maximum absolute atomic E-state index is 12.6. The van der Waals surface area contributed by atoms with Gasteiger partial charge in [-0.2, -0.15) is 0 Å². The van der Waals surface area contributed by atoms with Gasteiger partial charge in [-0.15, -0.1) is 0 Å². The zero-order valence-electron chi connectivity index (χ0n) is 12.7. The maximum atomic E-state index is 12.6. The van der Waals surface area contributed by atoms with E-state index in [1.807, 2.05) is 36.9 Å². The summed E-state index contributed by atoms with van der Waals surface area (Å²) in [5.74, 6) is -1.15. The first-order valence-electron chi connectivity index (χ1n) is 7.58. The van der Waals surface area contributed by atoms with Crippen LogP contribution in [0.4, 0.5) is 0 Å². The van der Waals surface area contributed by atoms with Crippen LogP contribution in [0, 0.1) is 18.8 Å². The smallest absolute Gasteiger partial charge is 0.306 e. The number of nitrogens with zero attached hydrogens (tertiary/aromatic N) is 1. The van der Waals surface area contributed by atoms with Crippen LogP contribution < -0.4 is 0 Å². The molecule has 114 valence electrons. The van der Waals surface area contributed by atoms with Crippen molar-refractivity contribution in [3.05, 3.63) is 35.4 Å². The van der Waals surface area contributed by atoms with Crippen LogP contribution in [0.2, 0.25) is 0 Å². The molecule has 1 aliphatic carbocycles. The first-order chi connectivity index (χ1) is 10.0. The summed E-state index contributed by atoms with van der Waals surface area (Å²) in [7, 11) is 0. The van der Waals surface area contributed by atoms with E-state index in [0.717, 1.165) is 5.56 Å². The highest BCUT2D eigenvalue weighted by molar-refractivity contribution is 5.81. The summed E-state index contributed by atoms with van der Waals surface area (Å²) < 4.78 is 0. The molecule has 0 spiro atoms. The van der Waals surface area contributed by atoms with E-state index in [9.17, 15) is 9.59 Å². The number of hydrogen-bond acceptors (Lipinski definition) is 2. The largest absolute Gasteiger partial charge is 0.481 e. The van der Waals surface area contributed by atoms with Crippen LogP contribution in [0.15, 0.2) is 24.3 Å². The molecule has 4 heteroatoms. The molecule has 2 unspecified atom stereocenters. The highest BCUT2D eigenvalue weighted by Crippen LogP contribution is 2.32. The first-order valence-corrected chi connectivity index (χ1v) is 7.58. The van der Waals surface area contributed by atoms with E-state index in [4.69, 9.17) is 5.11 Å². The molecular weight excluding hydrogens is 266 g/mol. The first kappa shape index (κ1) is 15.5. The molecule has 1 saturated carbocycles. The quantitative estimate of drug-likeness (QED) is 0.906. The van der Waals surface area contributed by atoms with Crippen LogP contribution in [0.25, 0.3) is 0 Å². The van der Waals surface area contributed by atoms with Gasteiger partial charge in [-0.05, 0) is 38.7 Å². The normalized spacial score (nSPS) is 21.2. The molecule has 4 nitrogen and oxygen atoms in total. The second kappa shape index (κ2) is 6.74. The number of carboxylic acid groups (broad SMARTS) is 1. The van der Waals surface area contributed by atoms with Gasteiger partial charge >= 0.3 is 5.97 Å². The summed E-state index contributed by atoms with van der Waals surface area (Å²) in [6.07, 6.45) is 1.80. The van der Waals surface area contributed by atoms with Crippen LogP contribution in [0.1, 0.15) is 37.3 Å². The average molecular weight is 289 g/mol. The van der Waals surface area contributed by atoms with Gasteiger partial charge in [0.25, 0.3) is 0 Å². The predicted molar refractivity (Wildman–Crippen MR) is 80.7 cm³/mol. The molecule has 0 radical (unpaired) electrons. The van der Waals surface area contributed by atoms with Crippen molar-refractivity contribution in [3.8, 4) is 0 Å². The highest BCUT2D eigenvalue weighted by Gasteiger charge is 2.35. The average Bonchev–Trinajstić information content (AvgIpc) is 2.94. The van der Waals surface area contributed by atoms with Crippen molar-refractivity contribution in [3.63, 3.8) is 0 Å². The van der Waals surface area contributed by atoms with E-state index in [0.29, 0.717) is 32.4 Å². The number of carbonyl (C=O) groups is 2. The Morgan fingerprint density at radius 2 is 2.00 bits per heavy atom. The van der Waals surface area contributed by atoms with Crippen molar-refractivity contribution in [2.75, 3.05) is 6.54 Å². The fraction of sp³-hybridized carbons (Fsp3) is 0.529. The fourth-order valence-corrected chi connectivity index (χ4v) is 3.06. The number of aliphatic carboxylic acids is 1. The van der Waals surface area contributed by atoms with E-state index >= 15 is 0 Å². The van der Waals surface area contributed by atoms with Crippen molar-refractivity contribution in [1.29, 1.82) is 0 Å². The SMILES string of the molecule is CCN(Cc1cccc(C)c1)C(=O)C1CCC(C(=O)O)C1. The summed E-state index contributed by atoms with van der Waals surface area (Å²) in [5.41, 5.74) is 2.31. The van der Waals surface area contributed by atoms with Gasteiger partial charge in [0.2, 0.25) is 5.91 Å². The molecule has 2 atom stereocenters. The van der Waals surface area contributed by atoms with Crippen molar-refractivity contribution < 1.29 is 14.7 Å². The summed E-state index contributed by atoms with van der Waals surface area (Å²) >= 11 is 0. The molecule has 1 aliphatic rings. The van der Waals surface area contributed by atoms with Crippen LogP contribution in [0.3, 0.4) is 0 Å². The van der Waals surface area contributed by atoms with Crippen LogP contribution in [-0.2, 0) is 16.1 Å². The van der Waals surface area contributed by atoms with Crippen LogP contribution >= 0.6 is 0 Å². The van der Waals surface area contributed by atoms with E-state index in [1.165, 1.54) is 5.56 Å². The third-order valence-corrected chi connectivity index (χ3v) is 4.28. The Morgan fingerprint density at radius 1 is 1.29 bits per heavy atom. The third kappa shape index (κ3) is 3.84. The number of rotatable bonds is 5. The molecule has 0 bridgehead atoms. The Labute approximate surface area is 125 Å². The molecular formula is C17H23NO3. The number of carbonyl (C=O) groups excluding carboxylic acids is 1. The minimum atomic E-state index is -0.771. The molecule has 1 amide bonds. The van der Waals surface area contributed by atoms with Gasteiger partial charge in [0.1, 0.15) is 0 Å². The number of carboxylic acids is 1. The zero-order chi connectivity index (χ0) is 15.4. The molecule has 21 heavy (non-hydrogen) atoms. The van der Waals surface area contributed by atoms with Gasteiger partial charge in [0, 0.05) is 19.0 Å². The number of benzene rings is 1.